The number of hydrogen-bond donors (Lipinski definition) is 3. The van der Waals surface area contributed by atoms with Crippen LogP contribution in [0.3, 0.4) is 0 Å². The van der Waals surface area contributed by atoms with Crippen LogP contribution in [0, 0.1) is 5.92 Å². The zero-order valence-corrected chi connectivity index (χ0v) is 19.5. The predicted octanol–water partition coefficient (Wildman–Crippen LogP) is 3.13. The van der Waals surface area contributed by atoms with E-state index in [9.17, 15) is 19.5 Å². The lowest BCUT2D eigenvalue weighted by molar-refractivity contribution is -0.182. The first kappa shape index (κ1) is 23.4. The van der Waals surface area contributed by atoms with Gasteiger partial charge < -0.3 is 25.2 Å². The first-order valence-electron chi connectivity index (χ1n) is 12.2. The molecule has 184 valence electrons. The van der Waals surface area contributed by atoms with Crippen LogP contribution < -0.4 is 5.32 Å². The maximum atomic E-state index is 12.8. The third-order valence-corrected chi connectivity index (χ3v) is 7.67. The number of nitrogens with zero attached hydrogens (tertiary/aromatic N) is 1. The largest absolute Gasteiger partial charge is 0.479 e. The second-order valence-corrected chi connectivity index (χ2v) is 9.91. The molecule has 1 atom stereocenters. The third kappa shape index (κ3) is 4.50. The van der Waals surface area contributed by atoms with Crippen LogP contribution >= 0.6 is 0 Å². The van der Waals surface area contributed by atoms with Crippen LogP contribution in [-0.4, -0.2) is 64.4 Å². The maximum absolute atomic E-state index is 12.8. The number of likely N-dealkylation sites (tertiary alicyclic amines) is 1. The minimum absolute atomic E-state index is 0.0468. The fourth-order valence-corrected chi connectivity index (χ4v) is 5.70. The molecule has 1 saturated carbocycles. The van der Waals surface area contributed by atoms with Crippen molar-refractivity contribution in [1.82, 2.24) is 10.2 Å². The Morgan fingerprint density at radius 2 is 1.57 bits per heavy atom. The van der Waals surface area contributed by atoms with Gasteiger partial charge in [-0.05, 0) is 41.0 Å². The van der Waals surface area contributed by atoms with Gasteiger partial charge in [0.05, 0.1) is 13.1 Å². The number of nitrogens with one attached hydrogen (secondary N) is 1. The Hall–Kier alpha value is -3.39. The first-order chi connectivity index (χ1) is 16.9. The molecule has 2 aromatic rings. The smallest absolute Gasteiger partial charge is 0.407 e. The summed E-state index contributed by atoms with van der Waals surface area (Å²) in [6.45, 7) is -0.268. The summed E-state index contributed by atoms with van der Waals surface area (Å²) in [4.78, 5) is 38.0. The lowest BCUT2D eigenvalue weighted by Gasteiger charge is -2.43. The highest BCUT2D eigenvalue weighted by Gasteiger charge is 2.50. The second kappa shape index (κ2) is 9.34. The van der Waals surface area contributed by atoms with Gasteiger partial charge in [0, 0.05) is 18.4 Å². The number of carboxylic acids is 1. The normalized spacial score (nSPS) is 19.4. The zero-order chi connectivity index (χ0) is 24.6. The van der Waals surface area contributed by atoms with Crippen molar-refractivity contribution in [3.63, 3.8) is 0 Å². The van der Waals surface area contributed by atoms with Gasteiger partial charge in [0.15, 0.2) is 5.60 Å². The van der Waals surface area contributed by atoms with Crippen molar-refractivity contribution in [2.45, 2.75) is 49.7 Å². The Labute approximate surface area is 203 Å². The summed E-state index contributed by atoms with van der Waals surface area (Å²) in [5.74, 6) is -1.48. The highest BCUT2D eigenvalue weighted by Crippen LogP contribution is 2.44. The molecule has 0 radical (unpaired) electrons. The van der Waals surface area contributed by atoms with E-state index in [1.54, 1.807) is 0 Å². The first-order valence-corrected chi connectivity index (χ1v) is 12.2. The third-order valence-electron chi connectivity index (χ3n) is 7.67. The molecule has 8 nitrogen and oxygen atoms in total. The summed E-state index contributed by atoms with van der Waals surface area (Å²) in [5.41, 5.74) is 2.70. The Balaban J connectivity index is 1.22. The van der Waals surface area contributed by atoms with Gasteiger partial charge in [-0.15, -0.1) is 0 Å². The molecule has 2 aromatic carbocycles. The van der Waals surface area contributed by atoms with E-state index in [0.29, 0.717) is 0 Å². The standard InChI is InChI=1S/C27H30N2O6/c30-24(29-15-27(34,16-29)25(31)32)13-23(17-7-1-2-8-17)28-26(33)35-14-22-20-11-5-3-9-18(20)19-10-4-6-12-21(19)22/h3-6,9-12,17,22-23,34H,1-2,7-8,13-16H2,(H,28,33)(H,31,32). The van der Waals surface area contributed by atoms with Gasteiger partial charge in [-0.1, -0.05) is 61.4 Å². The number of benzene rings is 2. The number of amides is 2. The minimum atomic E-state index is -1.88. The van der Waals surface area contributed by atoms with Crippen molar-refractivity contribution in [3.8, 4) is 11.1 Å². The van der Waals surface area contributed by atoms with Gasteiger partial charge >= 0.3 is 12.1 Å². The fraction of sp³-hybridized carbons (Fsp3) is 0.444. The van der Waals surface area contributed by atoms with Crippen LogP contribution in [0.25, 0.3) is 11.1 Å². The molecule has 3 aliphatic rings. The molecule has 2 aliphatic carbocycles. The van der Waals surface area contributed by atoms with E-state index in [2.05, 4.69) is 29.6 Å². The van der Waals surface area contributed by atoms with Crippen molar-refractivity contribution >= 4 is 18.0 Å². The topological polar surface area (TPSA) is 116 Å². The van der Waals surface area contributed by atoms with Crippen LogP contribution in [0.2, 0.25) is 0 Å². The monoisotopic (exact) mass is 478 g/mol. The molecule has 0 aromatic heterocycles. The quantitative estimate of drug-likeness (QED) is 0.563. The van der Waals surface area contributed by atoms with Gasteiger partial charge in [0.2, 0.25) is 5.91 Å². The number of alkyl carbamates (subject to hydrolysis) is 1. The van der Waals surface area contributed by atoms with Crippen LogP contribution in [0.1, 0.15) is 49.1 Å². The molecule has 1 aliphatic heterocycles. The molecule has 35 heavy (non-hydrogen) atoms. The van der Waals surface area contributed by atoms with E-state index in [1.165, 1.54) is 4.90 Å². The Bertz CT molecular complexity index is 1090. The van der Waals surface area contributed by atoms with Crippen LogP contribution in [0.15, 0.2) is 48.5 Å². The molecular formula is C27H30N2O6. The number of rotatable bonds is 7. The summed E-state index contributed by atoms with van der Waals surface area (Å²) >= 11 is 0. The van der Waals surface area contributed by atoms with E-state index in [1.807, 2.05) is 24.3 Å². The molecule has 3 N–H and O–H groups in total. The predicted molar refractivity (Wildman–Crippen MR) is 128 cm³/mol. The highest BCUT2D eigenvalue weighted by atomic mass is 16.5. The van der Waals surface area contributed by atoms with Crippen molar-refractivity contribution in [2.24, 2.45) is 5.92 Å². The maximum Gasteiger partial charge on any atom is 0.407 e. The van der Waals surface area contributed by atoms with E-state index < -0.39 is 17.7 Å². The van der Waals surface area contributed by atoms with Gasteiger partial charge in [-0.3, -0.25) is 4.79 Å². The number of aliphatic hydroxyl groups is 1. The number of fused-ring (bicyclic) bond motifs is 3. The number of carbonyl (C=O) groups excluding carboxylic acids is 2. The summed E-state index contributed by atoms with van der Waals surface area (Å²) in [7, 11) is 0. The van der Waals surface area contributed by atoms with E-state index in [4.69, 9.17) is 9.84 Å². The Kier molecular flexibility index (Phi) is 6.23. The van der Waals surface area contributed by atoms with Gasteiger partial charge in [0.25, 0.3) is 0 Å². The molecule has 2 amide bonds. The van der Waals surface area contributed by atoms with Crippen molar-refractivity contribution in [2.75, 3.05) is 19.7 Å². The Morgan fingerprint density at radius 1 is 1.00 bits per heavy atom. The lowest BCUT2D eigenvalue weighted by atomic mass is 9.91. The second-order valence-electron chi connectivity index (χ2n) is 9.91. The highest BCUT2D eigenvalue weighted by molar-refractivity contribution is 5.85. The van der Waals surface area contributed by atoms with E-state index >= 15 is 0 Å². The minimum Gasteiger partial charge on any atom is -0.479 e. The molecule has 5 rings (SSSR count). The molecule has 1 saturated heterocycles. The van der Waals surface area contributed by atoms with Crippen LogP contribution in [0.4, 0.5) is 4.79 Å². The number of ether oxygens (including phenoxy) is 1. The van der Waals surface area contributed by atoms with Crippen molar-refractivity contribution in [3.05, 3.63) is 59.7 Å². The SMILES string of the molecule is O=C(NC(CC(=O)N1CC(O)(C(=O)O)C1)C1CCCC1)OCC1c2ccccc2-c2ccccc21. The molecule has 2 fully saturated rings. The van der Waals surface area contributed by atoms with E-state index in [-0.39, 0.29) is 49.9 Å². The van der Waals surface area contributed by atoms with Gasteiger partial charge in [0.1, 0.15) is 6.61 Å². The average molecular weight is 479 g/mol. The number of aliphatic carboxylic acids is 1. The summed E-state index contributed by atoms with van der Waals surface area (Å²) < 4.78 is 5.68. The summed E-state index contributed by atoms with van der Waals surface area (Å²) in [6.07, 6.45) is 3.43. The van der Waals surface area contributed by atoms with Crippen LogP contribution in [-0.2, 0) is 14.3 Å². The summed E-state index contributed by atoms with van der Waals surface area (Å²) in [6, 6.07) is 15.9. The van der Waals surface area contributed by atoms with Crippen LogP contribution in [0.5, 0.6) is 0 Å². The fourth-order valence-electron chi connectivity index (χ4n) is 5.70. The van der Waals surface area contributed by atoms with Gasteiger partial charge in [-0.2, -0.15) is 0 Å². The van der Waals surface area contributed by atoms with Gasteiger partial charge in [-0.25, -0.2) is 9.59 Å². The number of β-amino-alcohol motifs (C(OH)–C–C–N with tert-alkyl or cyclic N) is 1. The molecule has 0 spiro atoms. The number of hydrogen-bond acceptors (Lipinski definition) is 5. The molecule has 1 unspecified atom stereocenters. The van der Waals surface area contributed by atoms with Crippen molar-refractivity contribution in [1.29, 1.82) is 0 Å². The molecule has 1 heterocycles. The Morgan fingerprint density at radius 3 is 2.14 bits per heavy atom. The average Bonchev–Trinajstić information content (AvgIpc) is 3.47. The number of carboxylic acid groups (broad SMARTS) is 1. The molecule has 0 bridgehead atoms. The molecular weight excluding hydrogens is 448 g/mol. The molecule has 8 heteroatoms. The van der Waals surface area contributed by atoms with Crippen molar-refractivity contribution < 1.29 is 29.3 Å². The van der Waals surface area contributed by atoms with E-state index in [0.717, 1.165) is 47.9 Å². The number of carbonyl (C=O) groups is 3. The summed E-state index contributed by atoms with van der Waals surface area (Å²) in [5, 5.41) is 21.9. The zero-order valence-electron chi connectivity index (χ0n) is 19.5. The lowest BCUT2D eigenvalue weighted by Crippen LogP contribution is -2.67.